The van der Waals surface area contributed by atoms with Gasteiger partial charge in [-0.25, -0.2) is 8.78 Å². The maximum Gasteiger partial charge on any atom is 0.240 e. The van der Waals surface area contributed by atoms with E-state index in [1.807, 2.05) is 20.8 Å². The smallest absolute Gasteiger partial charge is 0.240 e. The van der Waals surface area contributed by atoms with E-state index >= 15 is 0 Å². The molecule has 4 rings (SSSR count). The number of hydrogen-bond donors (Lipinski definition) is 4. The highest BCUT2D eigenvalue weighted by atomic mass is 35.5. The molecule has 2 aromatic rings. The molecule has 39 heavy (non-hydrogen) atoms. The van der Waals surface area contributed by atoms with Crippen LogP contribution in [0.25, 0.3) is 0 Å². The molecule has 2 amide bonds. The summed E-state index contributed by atoms with van der Waals surface area (Å²) in [7, 11) is 1.56. The number of likely N-dealkylation sites (N-methyl/N-ethyl adjacent to an activating group) is 1. The van der Waals surface area contributed by atoms with Gasteiger partial charge >= 0.3 is 0 Å². The summed E-state index contributed by atoms with van der Waals surface area (Å²) in [6, 6.07) is 5.06. The largest absolute Gasteiger partial charge is 0.394 e. The summed E-state index contributed by atoms with van der Waals surface area (Å²) < 4.78 is 29.2. The zero-order valence-electron chi connectivity index (χ0n) is 22.2. The minimum absolute atomic E-state index is 0.138. The Labute approximate surface area is 236 Å². The molecule has 1 fully saturated rings. The van der Waals surface area contributed by atoms with Crippen LogP contribution in [-0.4, -0.2) is 65.3 Å². The van der Waals surface area contributed by atoms with Crippen LogP contribution < -0.4 is 10.6 Å². The molecular weight excluding hydrogens is 551 g/mol. The quantitative estimate of drug-likeness (QED) is 0.391. The van der Waals surface area contributed by atoms with E-state index < -0.39 is 53.7 Å². The van der Waals surface area contributed by atoms with Crippen LogP contribution in [0.2, 0.25) is 10.0 Å². The third-order valence-corrected chi connectivity index (χ3v) is 8.23. The first-order valence-corrected chi connectivity index (χ1v) is 13.5. The summed E-state index contributed by atoms with van der Waals surface area (Å²) >= 11 is 12.2. The van der Waals surface area contributed by atoms with E-state index in [9.17, 15) is 28.6 Å². The molecule has 0 saturated carbocycles. The predicted octanol–water partition coefficient (Wildman–Crippen LogP) is 4.22. The Hall–Kier alpha value is -2.30. The van der Waals surface area contributed by atoms with Gasteiger partial charge < -0.3 is 25.7 Å². The Morgan fingerprint density at radius 1 is 1.15 bits per heavy atom. The number of rotatable bonds is 7. The van der Waals surface area contributed by atoms with E-state index in [1.165, 1.54) is 35.2 Å². The molecule has 4 N–H and O–H groups in total. The molecule has 0 aromatic heterocycles. The molecule has 0 aliphatic carbocycles. The molecule has 212 valence electrons. The fraction of sp³-hybridized carbons (Fsp3) is 0.500. The van der Waals surface area contributed by atoms with Crippen LogP contribution in [0.15, 0.2) is 30.3 Å². The van der Waals surface area contributed by atoms with Gasteiger partial charge in [-0.05, 0) is 53.6 Å². The summed E-state index contributed by atoms with van der Waals surface area (Å²) in [5.74, 6) is -3.07. The van der Waals surface area contributed by atoms with E-state index in [-0.39, 0.29) is 34.3 Å². The van der Waals surface area contributed by atoms with E-state index in [0.29, 0.717) is 23.2 Å². The lowest BCUT2D eigenvalue weighted by Gasteiger charge is -2.38. The van der Waals surface area contributed by atoms with Gasteiger partial charge in [-0.3, -0.25) is 9.59 Å². The van der Waals surface area contributed by atoms with E-state index in [1.54, 1.807) is 7.05 Å². The second kappa shape index (κ2) is 10.9. The minimum atomic E-state index is -1.46. The van der Waals surface area contributed by atoms with Crippen molar-refractivity contribution < 1.29 is 28.6 Å². The normalized spacial score (nSPS) is 25.1. The van der Waals surface area contributed by atoms with Gasteiger partial charge in [0.1, 0.15) is 17.0 Å². The van der Waals surface area contributed by atoms with E-state index in [4.69, 9.17) is 23.2 Å². The van der Waals surface area contributed by atoms with Crippen molar-refractivity contribution in [3.63, 3.8) is 0 Å². The number of hydrogen-bond acceptors (Lipinski definition) is 5. The molecule has 2 aliphatic rings. The van der Waals surface area contributed by atoms with Crippen LogP contribution in [0, 0.1) is 17.0 Å². The van der Waals surface area contributed by atoms with Crippen LogP contribution in [0.1, 0.15) is 50.7 Å². The highest BCUT2D eigenvalue weighted by molar-refractivity contribution is 6.31. The monoisotopic (exact) mass is 583 g/mol. The van der Waals surface area contributed by atoms with E-state index in [0.717, 1.165) is 0 Å². The maximum absolute atomic E-state index is 15.0. The third-order valence-electron chi connectivity index (χ3n) is 7.65. The number of amides is 2. The summed E-state index contributed by atoms with van der Waals surface area (Å²) in [6.45, 7) is 5.70. The Balaban J connectivity index is 1.93. The molecule has 0 unspecified atom stereocenters. The lowest BCUT2D eigenvalue weighted by atomic mass is 9.62. The highest BCUT2D eigenvalue weighted by Gasteiger charge is 2.66. The SMILES string of the molecule is CN(CC[C@H](O)CO)C(=O)[C@@H]1N[C@H](CC(C)(C)C)[C@]2(C(=O)Nc3cc(Cl)c(F)cc32)[C@H]1c1ccc(F)c(Cl)c1. The summed E-state index contributed by atoms with van der Waals surface area (Å²) in [6.07, 6.45) is -0.419. The van der Waals surface area contributed by atoms with Crippen molar-refractivity contribution in [3.8, 4) is 0 Å². The summed E-state index contributed by atoms with van der Waals surface area (Å²) in [4.78, 5) is 29.5. The lowest BCUT2D eigenvalue weighted by Crippen LogP contribution is -2.49. The molecule has 11 heteroatoms. The van der Waals surface area contributed by atoms with Gasteiger partial charge in [-0.1, -0.05) is 50.0 Å². The molecule has 7 nitrogen and oxygen atoms in total. The number of aliphatic hydroxyl groups excluding tert-OH is 2. The summed E-state index contributed by atoms with van der Waals surface area (Å²) in [5, 5.41) is 24.9. The zero-order chi connectivity index (χ0) is 28.9. The van der Waals surface area contributed by atoms with Crippen molar-refractivity contribution in [1.29, 1.82) is 0 Å². The van der Waals surface area contributed by atoms with Crippen molar-refractivity contribution >= 4 is 40.7 Å². The van der Waals surface area contributed by atoms with Crippen molar-refractivity contribution in [1.82, 2.24) is 10.2 Å². The second-order valence-electron chi connectivity index (χ2n) is 11.6. The van der Waals surface area contributed by atoms with Crippen molar-refractivity contribution in [3.05, 3.63) is 63.1 Å². The Bertz CT molecular complexity index is 1290. The van der Waals surface area contributed by atoms with Gasteiger partial charge in [0.2, 0.25) is 11.8 Å². The fourth-order valence-electron chi connectivity index (χ4n) is 5.91. The summed E-state index contributed by atoms with van der Waals surface area (Å²) in [5.41, 5.74) is -0.626. The van der Waals surface area contributed by atoms with Crippen molar-refractivity contribution in [2.24, 2.45) is 5.41 Å². The third kappa shape index (κ3) is 5.39. The minimum Gasteiger partial charge on any atom is -0.394 e. The molecule has 1 saturated heterocycles. The van der Waals surface area contributed by atoms with Gasteiger partial charge in [0.25, 0.3) is 0 Å². The standard InChI is InChI=1S/C28H33Cl2F2N3O4/c1-27(2,3)12-22-28(16-10-20(32)18(30)11-21(16)33-26(28)39)23(14-5-6-19(31)17(29)9-14)24(34-22)25(38)35(4)8-7-15(37)13-36/h5-6,9-11,15,22-24,34,36-37H,7-8,12-13H2,1-4H3,(H,33,39)/t15-,22+,23-,24+,28-/m0/s1. The zero-order valence-corrected chi connectivity index (χ0v) is 23.7. The first kappa shape index (κ1) is 29.7. The van der Waals surface area contributed by atoms with Crippen molar-refractivity contribution in [2.75, 3.05) is 25.5 Å². The Morgan fingerprint density at radius 2 is 1.82 bits per heavy atom. The molecule has 0 bridgehead atoms. The van der Waals surface area contributed by atoms with Gasteiger partial charge in [0.15, 0.2) is 0 Å². The van der Waals surface area contributed by atoms with Gasteiger partial charge in [0, 0.05) is 31.2 Å². The second-order valence-corrected chi connectivity index (χ2v) is 12.4. The Morgan fingerprint density at radius 3 is 2.44 bits per heavy atom. The number of fused-ring (bicyclic) bond motifs is 2. The van der Waals surface area contributed by atoms with Crippen LogP contribution >= 0.6 is 23.2 Å². The number of halogens is 4. The van der Waals surface area contributed by atoms with Crippen LogP contribution in [0.3, 0.4) is 0 Å². The number of anilines is 1. The number of carbonyl (C=O) groups excluding carboxylic acids is 2. The van der Waals surface area contributed by atoms with Crippen LogP contribution in [-0.2, 0) is 15.0 Å². The topological polar surface area (TPSA) is 102 Å². The number of carbonyl (C=O) groups is 2. The number of nitrogens with one attached hydrogen (secondary N) is 2. The average Bonchev–Trinajstić information content (AvgIpc) is 3.33. The first-order valence-electron chi connectivity index (χ1n) is 12.8. The lowest BCUT2D eigenvalue weighted by molar-refractivity contribution is -0.132. The fourth-order valence-corrected chi connectivity index (χ4v) is 6.26. The van der Waals surface area contributed by atoms with Gasteiger partial charge in [-0.15, -0.1) is 0 Å². The van der Waals surface area contributed by atoms with Crippen molar-refractivity contribution in [2.45, 2.75) is 63.1 Å². The molecule has 2 aliphatic heterocycles. The van der Waals surface area contributed by atoms with Crippen LogP contribution in [0.4, 0.5) is 14.5 Å². The molecule has 5 atom stereocenters. The maximum atomic E-state index is 15.0. The predicted molar refractivity (Wildman–Crippen MR) is 146 cm³/mol. The number of nitrogens with zero attached hydrogens (tertiary/aromatic N) is 1. The van der Waals surface area contributed by atoms with E-state index in [2.05, 4.69) is 10.6 Å². The molecule has 0 radical (unpaired) electrons. The van der Waals surface area contributed by atoms with Gasteiger partial charge in [-0.2, -0.15) is 0 Å². The average molecular weight is 584 g/mol. The molecule has 2 aromatic carbocycles. The van der Waals surface area contributed by atoms with Crippen LogP contribution in [0.5, 0.6) is 0 Å². The molecule has 2 heterocycles. The molecule has 1 spiro atoms. The number of aliphatic hydroxyl groups is 2. The highest BCUT2D eigenvalue weighted by Crippen LogP contribution is 2.57. The first-order chi connectivity index (χ1) is 18.2. The Kier molecular flexibility index (Phi) is 8.32. The van der Waals surface area contributed by atoms with Gasteiger partial charge in [0.05, 0.1) is 28.8 Å². The molecular formula is C28H33Cl2F2N3O4. The number of benzene rings is 2.